The summed E-state index contributed by atoms with van der Waals surface area (Å²) in [6.45, 7) is 7.18. The molecule has 0 spiro atoms. The lowest BCUT2D eigenvalue weighted by atomic mass is 10.2. The van der Waals surface area contributed by atoms with Gasteiger partial charge in [0, 0.05) is 19.1 Å². The van der Waals surface area contributed by atoms with Gasteiger partial charge in [0.1, 0.15) is 10.6 Å². The number of hydrogen-bond acceptors (Lipinski definition) is 4. The second-order valence-corrected chi connectivity index (χ2v) is 7.01. The van der Waals surface area contributed by atoms with E-state index >= 15 is 0 Å². The van der Waals surface area contributed by atoms with Crippen LogP contribution in [0.5, 0.6) is 5.75 Å². The van der Waals surface area contributed by atoms with Gasteiger partial charge in [-0.3, -0.25) is 0 Å². The summed E-state index contributed by atoms with van der Waals surface area (Å²) in [6.07, 6.45) is 1.76. The van der Waals surface area contributed by atoms with E-state index in [1.54, 1.807) is 12.1 Å². The minimum Gasteiger partial charge on any atom is -0.495 e. The van der Waals surface area contributed by atoms with Crippen molar-refractivity contribution in [3.63, 3.8) is 0 Å². The lowest BCUT2D eigenvalue weighted by Crippen LogP contribution is -2.26. The summed E-state index contributed by atoms with van der Waals surface area (Å²) < 4.78 is 32.5. The maximum atomic E-state index is 12.4. The number of nitrogens with one attached hydrogen (secondary N) is 2. The Bertz CT molecular complexity index is 542. The Hall–Kier alpha value is -1.11. The highest BCUT2D eigenvalue weighted by atomic mass is 32.2. The van der Waals surface area contributed by atoms with Gasteiger partial charge in [-0.05, 0) is 24.1 Å². The van der Waals surface area contributed by atoms with Crippen molar-refractivity contribution < 1.29 is 13.2 Å². The molecule has 0 aliphatic carbocycles. The number of benzene rings is 1. The Morgan fingerprint density at radius 1 is 1.29 bits per heavy atom. The Labute approximate surface area is 128 Å². The summed E-state index contributed by atoms with van der Waals surface area (Å²) >= 11 is 0. The average molecular weight is 314 g/mol. The summed E-state index contributed by atoms with van der Waals surface area (Å²) in [4.78, 5) is 0.198. The van der Waals surface area contributed by atoms with Crippen LogP contribution in [0.15, 0.2) is 23.1 Å². The zero-order valence-electron chi connectivity index (χ0n) is 13.3. The first kappa shape index (κ1) is 17.9. The molecule has 0 bridgehead atoms. The molecule has 0 amide bonds. The van der Waals surface area contributed by atoms with Gasteiger partial charge in [0.25, 0.3) is 0 Å². The van der Waals surface area contributed by atoms with E-state index in [1.165, 1.54) is 7.11 Å². The van der Waals surface area contributed by atoms with Gasteiger partial charge >= 0.3 is 0 Å². The Balaban J connectivity index is 2.99. The Morgan fingerprint density at radius 3 is 2.57 bits per heavy atom. The molecule has 21 heavy (non-hydrogen) atoms. The standard InChI is InChI=1S/C15H26N2O3S/c1-5-6-9-17-21(18,19)15-10-13(11-16-12(2)3)7-8-14(15)20-4/h7-8,10,12,16-17H,5-6,9,11H2,1-4H3. The highest BCUT2D eigenvalue weighted by Crippen LogP contribution is 2.24. The maximum absolute atomic E-state index is 12.4. The predicted molar refractivity (Wildman–Crippen MR) is 85.1 cm³/mol. The first-order valence-corrected chi connectivity index (χ1v) is 8.79. The quantitative estimate of drug-likeness (QED) is 0.686. The maximum Gasteiger partial charge on any atom is 0.244 e. The topological polar surface area (TPSA) is 67.4 Å². The van der Waals surface area contributed by atoms with Crippen molar-refractivity contribution in [3.8, 4) is 5.75 Å². The van der Waals surface area contributed by atoms with Gasteiger partial charge in [-0.2, -0.15) is 0 Å². The summed E-state index contributed by atoms with van der Waals surface area (Å²) in [5.41, 5.74) is 0.917. The number of rotatable bonds is 9. The van der Waals surface area contributed by atoms with E-state index in [2.05, 4.69) is 10.0 Å². The molecule has 2 N–H and O–H groups in total. The Kier molecular flexibility index (Phi) is 7.14. The van der Waals surface area contributed by atoms with Crippen LogP contribution in [0.25, 0.3) is 0 Å². The summed E-state index contributed by atoms with van der Waals surface area (Å²) in [6, 6.07) is 5.59. The number of methoxy groups -OCH3 is 1. The van der Waals surface area contributed by atoms with E-state index in [4.69, 9.17) is 4.74 Å². The molecule has 0 heterocycles. The van der Waals surface area contributed by atoms with Crippen LogP contribution in [0, 0.1) is 0 Å². The molecule has 6 heteroatoms. The zero-order valence-corrected chi connectivity index (χ0v) is 14.1. The molecule has 0 fully saturated rings. The molecule has 5 nitrogen and oxygen atoms in total. The summed E-state index contributed by atoms with van der Waals surface area (Å²) in [5, 5.41) is 3.27. The number of sulfonamides is 1. The normalized spacial score (nSPS) is 11.9. The molecule has 0 unspecified atom stereocenters. The fourth-order valence-electron chi connectivity index (χ4n) is 1.82. The van der Waals surface area contributed by atoms with Gasteiger partial charge in [-0.15, -0.1) is 0 Å². The second-order valence-electron chi connectivity index (χ2n) is 5.27. The Morgan fingerprint density at radius 2 is 2.00 bits per heavy atom. The molecule has 0 aromatic heterocycles. The second kappa shape index (κ2) is 8.36. The zero-order chi connectivity index (χ0) is 15.9. The van der Waals surface area contributed by atoms with Crippen LogP contribution in [0.4, 0.5) is 0 Å². The lowest BCUT2D eigenvalue weighted by Gasteiger charge is -2.13. The minimum absolute atomic E-state index is 0.198. The van der Waals surface area contributed by atoms with Gasteiger partial charge in [0.15, 0.2) is 0 Å². The third kappa shape index (κ3) is 5.65. The number of ether oxygens (including phenoxy) is 1. The molecule has 0 atom stereocenters. The SMILES string of the molecule is CCCCNS(=O)(=O)c1cc(CNC(C)C)ccc1OC. The van der Waals surface area contributed by atoms with Crippen molar-refractivity contribution in [1.82, 2.24) is 10.0 Å². The lowest BCUT2D eigenvalue weighted by molar-refractivity contribution is 0.402. The molecular formula is C15H26N2O3S. The van der Waals surface area contributed by atoms with Gasteiger partial charge in [-0.1, -0.05) is 33.3 Å². The van der Waals surface area contributed by atoms with E-state index in [9.17, 15) is 8.42 Å². The van der Waals surface area contributed by atoms with Crippen LogP contribution in [-0.4, -0.2) is 28.1 Å². The predicted octanol–water partition coefficient (Wildman–Crippen LogP) is 2.27. The molecule has 0 aliphatic heterocycles. The van der Waals surface area contributed by atoms with Crippen molar-refractivity contribution in [3.05, 3.63) is 23.8 Å². The van der Waals surface area contributed by atoms with E-state index in [-0.39, 0.29) is 4.90 Å². The van der Waals surface area contributed by atoms with Crippen molar-refractivity contribution in [2.24, 2.45) is 0 Å². The van der Waals surface area contributed by atoms with Crippen molar-refractivity contribution in [1.29, 1.82) is 0 Å². The van der Waals surface area contributed by atoms with Crippen LogP contribution < -0.4 is 14.8 Å². The third-order valence-electron chi connectivity index (χ3n) is 3.05. The fourth-order valence-corrected chi connectivity index (χ4v) is 3.12. The average Bonchev–Trinajstić information content (AvgIpc) is 2.45. The number of unbranched alkanes of at least 4 members (excludes halogenated alkanes) is 1. The third-order valence-corrected chi connectivity index (χ3v) is 4.54. The highest BCUT2D eigenvalue weighted by Gasteiger charge is 2.19. The monoisotopic (exact) mass is 314 g/mol. The first-order valence-electron chi connectivity index (χ1n) is 7.30. The van der Waals surface area contributed by atoms with E-state index in [0.29, 0.717) is 24.9 Å². The van der Waals surface area contributed by atoms with E-state index in [1.807, 2.05) is 26.8 Å². The van der Waals surface area contributed by atoms with Crippen LogP contribution in [0.1, 0.15) is 39.2 Å². The molecule has 0 saturated heterocycles. The molecule has 0 aliphatic rings. The van der Waals surface area contributed by atoms with Crippen molar-refractivity contribution >= 4 is 10.0 Å². The van der Waals surface area contributed by atoms with Crippen LogP contribution in [-0.2, 0) is 16.6 Å². The molecular weight excluding hydrogens is 288 g/mol. The van der Waals surface area contributed by atoms with Gasteiger partial charge in [0.05, 0.1) is 7.11 Å². The molecule has 0 saturated carbocycles. The van der Waals surface area contributed by atoms with E-state index < -0.39 is 10.0 Å². The molecule has 1 aromatic carbocycles. The fraction of sp³-hybridized carbons (Fsp3) is 0.600. The highest BCUT2D eigenvalue weighted by molar-refractivity contribution is 7.89. The summed E-state index contributed by atoms with van der Waals surface area (Å²) in [7, 11) is -2.06. The molecule has 1 aromatic rings. The smallest absolute Gasteiger partial charge is 0.244 e. The molecule has 1 rings (SSSR count). The summed E-state index contributed by atoms with van der Waals surface area (Å²) in [5.74, 6) is 0.368. The van der Waals surface area contributed by atoms with Crippen molar-refractivity contribution in [2.75, 3.05) is 13.7 Å². The van der Waals surface area contributed by atoms with Gasteiger partial charge in [0.2, 0.25) is 10.0 Å². The van der Waals surface area contributed by atoms with Crippen LogP contribution in [0.2, 0.25) is 0 Å². The van der Waals surface area contributed by atoms with Gasteiger partial charge < -0.3 is 10.1 Å². The number of hydrogen-bond donors (Lipinski definition) is 2. The van der Waals surface area contributed by atoms with Crippen LogP contribution >= 0.6 is 0 Å². The van der Waals surface area contributed by atoms with E-state index in [0.717, 1.165) is 18.4 Å². The van der Waals surface area contributed by atoms with Crippen LogP contribution in [0.3, 0.4) is 0 Å². The molecule has 120 valence electrons. The largest absolute Gasteiger partial charge is 0.495 e. The molecule has 0 radical (unpaired) electrons. The van der Waals surface area contributed by atoms with Crippen molar-refractivity contribution in [2.45, 2.75) is 51.1 Å². The first-order chi connectivity index (χ1) is 9.90. The minimum atomic E-state index is -3.54. The van der Waals surface area contributed by atoms with Gasteiger partial charge in [-0.25, -0.2) is 13.1 Å².